The Hall–Kier alpha value is -3.72. The van der Waals surface area contributed by atoms with Crippen LogP contribution in [0.4, 0.5) is 11.4 Å². The van der Waals surface area contributed by atoms with E-state index in [1.165, 1.54) is 29.2 Å². The first-order valence-corrected chi connectivity index (χ1v) is 11.0. The van der Waals surface area contributed by atoms with E-state index in [4.69, 9.17) is 4.74 Å². The SMILES string of the molecule is CCOc1ccc(N2C(=O)C(c3ccc([N+](=O)[O-])cc3)=C(N3CCN(CC)CC3)C2=O)cc1. The Labute approximate surface area is 192 Å². The average Bonchev–Trinajstić information content (AvgIpc) is 3.10. The number of carbonyl (C=O) groups excluding carboxylic acids is 2. The highest BCUT2D eigenvalue weighted by Gasteiger charge is 2.43. The predicted octanol–water partition coefficient (Wildman–Crippen LogP) is 2.92. The van der Waals surface area contributed by atoms with Gasteiger partial charge >= 0.3 is 0 Å². The number of benzene rings is 2. The first-order valence-electron chi connectivity index (χ1n) is 11.0. The van der Waals surface area contributed by atoms with E-state index in [2.05, 4.69) is 11.8 Å². The molecule has 2 aliphatic rings. The molecule has 2 amide bonds. The summed E-state index contributed by atoms with van der Waals surface area (Å²) in [6, 6.07) is 12.6. The zero-order valence-corrected chi connectivity index (χ0v) is 18.7. The van der Waals surface area contributed by atoms with E-state index < -0.39 is 10.8 Å². The van der Waals surface area contributed by atoms with Gasteiger partial charge in [0.15, 0.2) is 0 Å². The molecule has 0 saturated carbocycles. The molecule has 172 valence electrons. The third kappa shape index (κ3) is 4.31. The maximum atomic E-state index is 13.6. The van der Waals surface area contributed by atoms with Gasteiger partial charge in [-0.25, -0.2) is 4.90 Å². The van der Waals surface area contributed by atoms with Crippen LogP contribution in [-0.2, 0) is 9.59 Å². The van der Waals surface area contributed by atoms with Crippen LogP contribution in [0, 0.1) is 10.1 Å². The molecule has 0 aliphatic carbocycles. The molecule has 0 N–H and O–H groups in total. The lowest BCUT2D eigenvalue weighted by molar-refractivity contribution is -0.384. The number of rotatable bonds is 7. The van der Waals surface area contributed by atoms with Crippen LogP contribution in [0.15, 0.2) is 54.2 Å². The molecule has 0 unspecified atom stereocenters. The number of hydrogen-bond donors (Lipinski definition) is 0. The Bertz CT molecular complexity index is 1090. The number of likely N-dealkylation sites (N-methyl/N-ethyl adjacent to an activating group) is 1. The van der Waals surface area contributed by atoms with Crippen molar-refractivity contribution in [1.29, 1.82) is 0 Å². The predicted molar refractivity (Wildman–Crippen MR) is 124 cm³/mol. The van der Waals surface area contributed by atoms with Gasteiger partial charge in [0, 0.05) is 38.3 Å². The number of hydrogen-bond acceptors (Lipinski definition) is 7. The van der Waals surface area contributed by atoms with Crippen molar-refractivity contribution in [1.82, 2.24) is 9.80 Å². The Balaban J connectivity index is 1.73. The van der Waals surface area contributed by atoms with Gasteiger partial charge in [0.25, 0.3) is 17.5 Å². The van der Waals surface area contributed by atoms with Crippen molar-refractivity contribution in [3.05, 3.63) is 69.9 Å². The summed E-state index contributed by atoms with van der Waals surface area (Å²) in [5.74, 6) is -0.173. The molecule has 2 heterocycles. The molecule has 1 saturated heterocycles. The fourth-order valence-corrected chi connectivity index (χ4v) is 4.20. The second kappa shape index (κ2) is 9.41. The first-order chi connectivity index (χ1) is 15.9. The highest BCUT2D eigenvalue weighted by atomic mass is 16.6. The molecule has 0 radical (unpaired) electrons. The first kappa shape index (κ1) is 22.5. The summed E-state index contributed by atoms with van der Waals surface area (Å²) in [7, 11) is 0. The lowest BCUT2D eigenvalue weighted by Gasteiger charge is -2.36. The van der Waals surface area contributed by atoms with E-state index in [0.29, 0.717) is 42.4 Å². The zero-order valence-electron chi connectivity index (χ0n) is 18.7. The number of nitro groups is 1. The third-order valence-corrected chi connectivity index (χ3v) is 5.97. The number of non-ortho nitro benzene ring substituents is 1. The summed E-state index contributed by atoms with van der Waals surface area (Å²) >= 11 is 0. The fraction of sp³-hybridized carbons (Fsp3) is 0.333. The zero-order chi connectivity index (χ0) is 23.5. The van der Waals surface area contributed by atoms with E-state index in [-0.39, 0.29) is 17.2 Å². The molecule has 9 nitrogen and oxygen atoms in total. The van der Waals surface area contributed by atoms with E-state index in [1.54, 1.807) is 24.3 Å². The molecule has 0 spiro atoms. The van der Waals surface area contributed by atoms with Crippen LogP contribution in [0.3, 0.4) is 0 Å². The largest absolute Gasteiger partial charge is 0.494 e. The van der Waals surface area contributed by atoms with Crippen molar-refractivity contribution < 1.29 is 19.2 Å². The molecule has 33 heavy (non-hydrogen) atoms. The monoisotopic (exact) mass is 450 g/mol. The Morgan fingerprint density at radius 2 is 1.55 bits per heavy atom. The van der Waals surface area contributed by atoms with Gasteiger partial charge in [-0.2, -0.15) is 0 Å². The lowest BCUT2D eigenvalue weighted by atomic mass is 10.0. The van der Waals surface area contributed by atoms with Gasteiger partial charge in [-0.3, -0.25) is 19.7 Å². The van der Waals surface area contributed by atoms with Crippen LogP contribution in [0.1, 0.15) is 19.4 Å². The molecular weight excluding hydrogens is 424 g/mol. The highest BCUT2D eigenvalue weighted by molar-refractivity contribution is 6.45. The molecule has 2 aromatic rings. The number of amides is 2. The van der Waals surface area contributed by atoms with Crippen LogP contribution in [0.25, 0.3) is 5.57 Å². The Kier molecular flexibility index (Phi) is 6.41. The van der Waals surface area contributed by atoms with Crippen LogP contribution >= 0.6 is 0 Å². The van der Waals surface area contributed by atoms with Crippen molar-refractivity contribution >= 4 is 28.8 Å². The van der Waals surface area contributed by atoms with Crippen LogP contribution in [-0.4, -0.2) is 65.9 Å². The standard InChI is InChI=1S/C24H26N4O5/c1-3-25-13-15-26(16-14-25)22-21(17-5-7-19(8-6-17)28(31)32)23(29)27(24(22)30)18-9-11-20(12-10-18)33-4-2/h5-12H,3-4,13-16H2,1-2H3. The fourth-order valence-electron chi connectivity index (χ4n) is 4.20. The molecular formula is C24H26N4O5. The average molecular weight is 450 g/mol. The van der Waals surface area contributed by atoms with Crippen molar-refractivity contribution in [2.75, 3.05) is 44.2 Å². The number of nitrogens with zero attached hydrogens (tertiary/aromatic N) is 4. The van der Waals surface area contributed by atoms with Gasteiger partial charge in [-0.1, -0.05) is 6.92 Å². The van der Waals surface area contributed by atoms with Crippen LogP contribution < -0.4 is 9.64 Å². The number of carbonyl (C=O) groups is 2. The number of piperazine rings is 1. The topological polar surface area (TPSA) is 96.2 Å². The summed E-state index contributed by atoms with van der Waals surface area (Å²) in [6.45, 7) is 8.23. The molecule has 0 aromatic heterocycles. The minimum absolute atomic E-state index is 0.0717. The van der Waals surface area contributed by atoms with Gasteiger partial charge < -0.3 is 14.5 Å². The van der Waals surface area contributed by atoms with Crippen molar-refractivity contribution in [2.24, 2.45) is 0 Å². The van der Waals surface area contributed by atoms with Crippen LogP contribution in [0.2, 0.25) is 0 Å². The summed E-state index contributed by atoms with van der Waals surface area (Å²) < 4.78 is 5.47. The van der Waals surface area contributed by atoms with Crippen molar-refractivity contribution in [2.45, 2.75) is 13.8 Å². The minimum atomic E-state index is -0.489. The minimum Gasteiger partial charge on any atom is -0.494 e. The van der Waals surface area contributed by atoms with E-state index in [0.717, 1.165) is 19.6 Å². The Morgan fingerprint density at radius 1 is 0.909 bits per heavy atom. The highest BCUT2D eigenvalue weighted by Crippen LogP contribution is 2.36. The van der Waals surface area contributed by atoms with Crippen molar-refractivity contribution in [3.63, 3.8) is 0 Å². The van der Waals surface area contributed by atoms with E-state index in [9.17, 15) is 19.7 Å². The van der Waals surface area contributed by atoms with E-state index >= 15 is 0 Å². The normalized spacial score (nSPS) is 17.2. The number of nitro benzene ring substituents is 1. The number of anilines is 1. The lowest BCUT2D eigenvalue weighted by Crippen LogP contribution is -2.47. The maximum absolute atomic E-state index is 13.6. The summed E-state index contributed by atoms with van der Waals surface area (Å²) in [5.41, 5.74) is 1.49. The van der Waals surface area contributed by atoms with Gasteiger partial charge in [0.1, 0.15) is 11.4 Å². The summed E-state index contributed by atoms with van der Waals surface area (Å²) in [6.07, 6.45) is 0. The van der Waals surface area contributed by atoms with Gasteiger partial charge in [0.2, 0.25) is 0 Å². The molecule has 0 bridgehead atoms. The van der Waals surface area contributed by atoms with Crippen molar-refractivity contribution in [3.8, 4) is 5.75 Å². The van der Waals surface area contributed by atoms with E-state index in [1.807, 2.05) is 11.8 Å². The Morgan fingerprint density at radius 3 is 2.09 bits per heavy atom. The van der Waals surface area contributed by atoms with Crippen LogP contribution in [0.5, 0.6) is 5.75 Å². The molecule has 4 rings (SSSR count). The summed E-state index contributed by atoms with van der Waals surface area (Å²) in [5, 5.41) is 11.1. The number of ether oxygens (including phenoxy) is 1. The number of imide groups is 1. The molecule has 9 heteroatoms. The van der Waals surface area contributed by atoms with Gasteiger partial charge in [-0.15, -0.1) is 0 Å². The quantitative estimate of drug-likeness (QED) is 0.364. The molecule has 1 fully saturated rings. The van der Waals surface area contributed by atoms with Gasteiger partial charge in [0.05, 0.1) is 22.8 Å². The molecule has 2 aliphatic heterocycles. The molecule has 0 atom stereocenters. The summed E-state index contributed by atoms with van der Waals surface area (Å²) in [4.78, 5) is 43.2. The third-order valence-electron chi connectivity index (χ3n) is 5.97. The molecule has 2 aromatic carbocycles. The second-order valence-corrected chi connectivity index (χ2v) is 7.82. The maximum Gasteiger partial charge on any atom is 0.282 e. The van der Waals surface area contributed by atoms with Gasteiger partial charge in [-0.05, 0) is 55.4 Å². The smallest absolute Gasteiger partial charge is 0.282 e. The second-order valence-electron chi connectivity index (χ2n) is 7.82.